The smallest absolute Gasteiger partial charge is 0.309 e. The predicted molar refractivity (Wildman–Crippen MR) is 31.9 cm³/mol. The van der Waals surface area contributed by atoms with Crippen LogP contribution in [0, 0.1) is 0 Å². The van der Waals surface area contributed by atoms with Gasteiger partial charge in [-0.15, -0.1) is 24.8 Å². The second-order valence-corrected chi connectivity index (χ2v) is 0.402. The first-order valence-corrected chi connectivity index (χ1v) is 0.781. The lowest BCUT2D eigenvalue weighted by atomic mass is 11.2. The molecule has 0 atom stereocenters. The van der Waals surface area contributed by atoms with Crippen LogP contribution in [0.25, 0.3) is 0 Å². The van der Waals surface area contributed by atoms with Gasteiger partial charge >= 0.3 is 6.03 Å². The Morgan fingerprint density at radius 1 is 1.14 bits per heavy atom. The van der Waals surface area contributed by atoms with Crippen molar-refractivity contribution in [1.82, 2.24) is 0 Å². The average molecular weight is 151 g/mol. The topological polar surface area (TPSA) is 101 Å². The van der Waals surface area contributed by atoms with Crippen LogP contribution in [0.4, 0.5) is 4.79 Å². The number of halogens is 2. The van der Waals surface area contributed by atoms with E-state index in [4.69, 9.17) is 4.79 Å². The Labute approximate surface area is 53.4 Å². The second kappa shape index (κ2) is 17.0. The van der Waals surface area contributed by atoms with E-state index in [2.05, 4.69) is 11.5 Å². The molecule has 0 radical (unpaired) electrons. The zero-order valence-corrected chi connectivity index (χ0v) is 5.01. The maximum atomic E-state index is 9.00. The first-order valence-electron chi connectivity index (χ1n) is 0.781. The highest BCUT2D eigenvalue weighted by atomic mass is 35.5. The molecule has 0 rings (SSSR count). The summed E-state index contributed by atoms with van der Waals surface area (Å²) >= 11 is 0. The van der Waals surface area contributed by atoms with Crippen molar-refractivity contribution in [2.75, 3.05) is 0 Å². The third kappa shape index (κ3) is 2340. The Balaban J connectivity index is -0.0000000150. The molecule has 0 aliphatic heterocycles. The second-order valence-electron chi connectivity index (χ2n) is 0.402. The molecule has 0 aromatic carbocycles. The Morgan fingerprint density at radius 2 is 1.14 bits per heavy atom. The average Bonchev–Trinajstić information content (AvgIpc) is 0.811. The van der Waals surface area contributed by atoms with Crippen molar-refractivity contribution in [2.24, 2.45) is 11.5 Å². The van der Waals surface area contributed by atoms with Crippen LogP contribution in [-0.2, 0) is 0 Å². The van der Waals surface area contributed by atoms with Crippen LogP contribution in [0.5, 0.6) is 0 Å². The molecule has 0 saturated heterocycles. The summed E-state index contributed by atoms with van der Waals surface area (Å²) in [5, 5.41) is 0. The first-order chi connectivity index (χ1) is 1.73. The number of primary amides is 2. The number of hydrogen-bond donors (Lipinski definition) is 2. The van der Waals surface area contributed by atoms with Crippen LogP contribution in [0.2, 0.25) is 0 Å². The van der Waals surface area contributed by atoms with Gasteiger partial charge in [0, 0.05) is 0 Å². The predicted octanol–water partition coefficient (Wildman–Crippen LogP) is -0.957. The summed E-state index contributed by atoms with van der Waals surface area (Å²) in [5.41, 5.74) is 8.50. The third-order valence-corrected chi connectivity index (χ3v) is 0. The summed E-state index contributed by atoms with van der Waals surface area (Å²) in [6.45, 7) is 0. The zero-order valence-electron chi connectivity index (χ0n) is 3.38. The van der Waals surface area contributed by atoms with Crippen molar-refractivity contribution in [3.8, 4) is 0 Å². The molecular formula is CH8Cl2N2O2. The minimum absolute atomic E-state index is 0. The normalized spacial score (nSPS) is 3.43. The van der Waals surface area contributed by atoms with Crippen molar-refractivity contribution < 1.29 is 10.3 Å². The van der Waals surface area contributed by atoms with Crippen LogP contribution in [-0.4, -0.2) is 11.5 Å². The number of rotatable bonds is 0. The first kappa shape index (κ1) is 29.1. The number of amides is 2. The number of urea groups is 1. The van der Waals surface area contributed by atoms with E-state index in [-0.39, 0.29) is 30.3 Å². The van der Waals surface area contributed by atoms with E-state index < -0.39 is 6.03 Å². The van der Waals surface area contributed by atoms with Crippen LogP contribution < -0.4 is 11.5 Å². The fourth-order valence-electron chi connectivity index (χ4n) is 0. The van der Waals surface area contributed by atoms with Gasteiger partial charge in [0.25, 0.3) is 0 Å². The Kier molecular flexibility index (Phi) is 70.8. The molecule has 0 spiro atoms. The lowest BCUT2D eigenvalue weighted by molar-refractivity contribution is 0.256. The van der Waals surface area contributed by atoms with E-state index in [0.29, 0.717) is 0 Å². The Morgan fingerprint density at radius 3 is 1.14 bits per heavy atom. The number of carbonyl (C=O) groups is 1. The van der Waals surface area contributed by atoms with Crippen molar-refractivity contribution in [2.45, 2.75) is 0 Å². The molecule has 0 saturated carbocycles. The molecular weight excluding hydrogens is 143 g/mol. The van der Waals surface area contributed by atoms with E-state index in [1.807, 2.05) is 0 Å². The SMILES string of the molecule is Cl.Cl.NC(N)=O.O. The van der Waals surface area contributed by atoms with Crippen LogP contribution in [0.15, 0.2) is 0 Å². The third-order valence-electron chi connectivity index (χ3n) is 0. The molecule has 0 bridgehead atoms. The van der Waals surface area contributed by atoms with Gasteiger partial charge in [0.1, 0.15) is 0 Å². The number of carbonyl (C=O) groups excluding carboxylic acids is 1. The minimum Gasteiger partial charge on any atom is -0.412 e. The van der Waals surface area contributed by atoms with Crippen molar-refractivity contribution in [3.63, 3.8) is 0 Å². The lowest BCUT2D eigenvalue weighted by Gasteiger charge is -1.62. The summed E-state index contributed by atoms with van der Waals surface area (Å²) in [6, 6.07) is -0.833. The summed E-state index contributed by atoms with van der Waals surface area (Å²) in [4.78, 5) is 9.00. The van der Waals surface area contributed by atoms with Gasteiger partial charge in [0.15, 0.2) is 0 Å². The molecule has 6 N–H and O–H groups in total. The van der Waals surface area contributed by atoms with Gasteiger partial charge in [-0.25, -0.2) is 4.79 Å². The molecule has 2 amide bonds. The fourth-order valence-corrected chi connectivity index (χ4v) is 0. The largest absolute Gasteiger partial charge is 0.412 e. The van der Waals surface area contributed by atoms with E-state index in [9.17, 15) is 0 Å². The maximum absolute atomic E-state index is 9.00. The number of hydrogen-bond acceptors (Lipinski definition) is 1. The maximum Gasteiger partial charge on any atom is 0.309 e. The van der Waals surface area contributed by atoms with E-state index in [0.717, 1.165) is 0 Å². The van der Waals surface area contributed by atoms with Gasteiger partial charge in [0.05, 0.1) is 0 Å². The van der Waals surface area contributed by atoms with Crippen LogP contribution in [0.3, 0.4) is 0 Å². The fraction of sp³-hybridized carbons (Fsp3) is 0. The number of nitrogens with two attached hydrogens (primary N) is 2. The molecule has 0 aliphatic carbocycles. The quantitative estimate of drug-likeness (QED) is 0.457. The summed E-state index contributed by atoms with van der Waals surface area (Å²) in [5.74, 6) is 0. The highest BCUT2D eigenvalue weighted by molar-refractivity contribution is 5.85. The summed E-state index contributed by atoms with van der Waals surface area (Å²) in [7, 11) is 0. The zero-order chi connectivity index (χ0) is 3.58. The van der Waals surface area contributed by atoms with Gasteiger partial charge in [-0.3, -0.25) is 0 Å². The van der Waals surface area contributed by atoms with Crippen molar-refractivity contribution in [1.29, 1.82) is 0 Å². The molecule has 0 fully saturated rings. The standard InChI is InChI=1S/CH4N2O.2ClH.H2O/c2-1(3)4;;;/h(H4,2,3,4);2*1H;1H2. The van der Waals surface area contributed by atoms with Crippen LogP contribution in [0.1, 0.15) is 0 Å². The highest BCUT2D eigenvalue weighted by Gasteiger charge is 1.60. The molecule has 48 valence electrons. The monoisotopic (exact) mass is 150 g/mol. The van der Waals surface area contributed by atoms with Gasteiger partial charge in [-0.05, 0) is 0 Å². The molecule has 7 heavy (non-hydrogen) atoms. The Hall–Kier alpha value is -0.190. The Bertz CT molecular complexity index is 36.7. The molecule has 6 heteroatoms. The molecule has 0 unspecified atom stereocenters. The van der Waals surface area contributed by atoms with Gasteiger partial charge < -0.3 is 16.9 Å². The van der Waals surface area contributed by atoms with Gasteiger partial charge in [0.2, 0.25) is 0 Å². The van der Waals surface area contributed by atoms with E-state index in [1.165, 1.54) is 0 Å². The summed E-state index contributed by atoms with van der Waals surface area (Å²) in [6.07, 6.45) is 0. The van der Waals surface area contributed by atoms with Crippen LogP contribution >= 0.6 is 24.8 Å². The van der Waals surface area contributed by atoms with Crippen molar-refractivity contribution >= 4 is 30.8 Å². The molecule has 4 nitrogen and oxygen atoms in total. The lowest BCUT2D eigenvalue weighted by Crippen LogP contribution is -2.18. The minimum atomic E-state index is -0.833. The molecule has 0 aliphatic rings. The van der Waals surface area contributed by atoms with E-state index in [1.54, 1.807) is 0 Å². The highest BCUT2D eigenvalue weighted by Crippen LogP contribution is 1.25. The van der Waals surface area contributed by atoms with Gasteiger partial charge in [-0.2, -0.15) is 0 Å². The molecule has 0 aromatic heterocycles. The van der Waals surface area contributed by atoms with Gasteiger partial charge in [-0.1, -0.05) is 0 Å². The molecule has 0 aromatic rings. The van der Waals surface area contributed by atoms with E-state index >= 15 is 0 Å². The van der Waals surface area contributed by atoms with Crippen molar-refractivity contribution in [3.05, 3.63) is 0 Å². The summed E-state index contributed by atoms with van der Waals surface area (Å²) < 4.78 is 0. The molecule has 0 heterocycles.